The van der Waals surface area contributed by atoms with Crippen molar-refractivity contribution in [3.05, 3.63) is 45.7 Å². The number of nitrogens with two attached hydrogens (primary N) is 1. The SMILES string of the molecule is CCn1nc(C)cc1CC(N)c1cc(OC)ccc1Br. The molecule has 1 aromatic heterocycles. The Morgan fingerprint density at radius 3 is 2.80 bits per heavy atom. The second-order valence-corrected chi connectivity index (χ2v) is 5.65. The maximum Gasteiger partial charge on any atom is 0.119 e. The Bertz CT molecular complexity index is 595. The molecule has 2 aromatic rings. The highest BCUT2D eigenvalue weighted by molar-refractivity contribution is 9.10. The Morgan fingerprint density at radius 2 is 2.15 bits per heavy atom. The highest BCUT2D eigenvalue weighted by Gasteiger charge is 2.15. The maximum absolute atomic E-state index is 6.36. The molecule has 0 saturated carbocycles. The molecular formula is C15H20BrN3O. The van der Waals surface area contributed by atoms with E-state index in [2.05, 4.69) is 34.0 Å². The lowest BCUT2D eigenvalue weighted by Crippen LogP contribution is -2.16. The number of ether oxygens (including phenoxy) is 1. The average Bonchev–Trinajstić information content (AvgIpc) is 2.79. The van der Waals surface area contributed by atoms with Crippen molar-refractivity contribution in [1.29, 1.82) is 0 Å². The first kappa shape index (κ1) is 15.1. The molecule has 108 valence electrons. The number of aromatic nitrogens is 2. The molecular weight excluding hydrogens is 318 g/mol. The fourth-order valence-electron chi connectivity index (χ4n) is 2.31. The Kier molecular flexibility index (Phi) is 4.83. The summed E-state index contributed by atoms with van der Waals surface area (Å²) in [5.74, 6) is 0.818. The predicted octanol–water partition coefficient (Wildman–Crippen LogP) is 3.23. The van der Waals surface area contributed by atoms with Crippen LogP contribution in [0.15, 0.2) is 28.7 Å². The second kappa shape index (κ2) is 6.41. The summed E-state index contributed by atoms with van der Waals surface area (Å²) in [7, 11) is 1.66. The maximum atomic E-state index is 6.36. The molecule has 5 heteroatoms. The van der Waals surface area contributed by atoms with Gasteiger partial charge in [0.15, 0.2) is 0 Å². The molecule has 2 rings (SSSR count). The molecule has 0 aliphatic heterocycles. The third kappa shape index (κ3) is 3.22. The molecule has 1 unspecified atom stereocenters. The van der Waals surface area contributed by atoms with Crippen LogP contribution in [0.25, 0.3) is 0 Å². The minimum Gasteiger partial charge on any atom is -0.497 e. The highest BCUT2D eigenvalue weighted by Crippen LogP contribution is 2.28. The molecule has 0 aliphatic rings. The van der Waals surface area contributed by atoms with Crippen LogP contribution in [0.5, 0.6) is 5.75 Å². The lowest BCUT2D eigenvalue weighted by Gasteiger charge is -2.15. The fraction of sp³-hybridized carbons (Fsp3) is 0.400. The molecule has 0 radical (unpaired) electrons. The van der Waals surface area contributed by atoms with Crippen LogP contribution in [0.1, 0.15) is 29.9 Å². The second-order valence-electron chi connectivity index (χ2n) is 4.79. The number of hydrogen-bond acceptors (Lipinski definition) is 3. The highest BCUT2D eigenvalue weighted by atomic mass is 79.9. The van der Waals surface area contributed by atoms with E-state index < -0.39 is 0 Å². The zero-order valence-corrected chi connectivity index (χ0v) is 13.6. The average molecular weight is 338 g/mol. The molecule has 4 nitrogen and oxygen atoms in total. The van der Waals surface area contributed by atoms with Crippen LogP contribution < -0.4 is 10.5 Å². The van der Waals surface area contributed by atoms with Gasteiger partial charge in [-0.3, -0.25) is 4.68 Å². The lowest BCUT2D eigenvalue weighted by molar-refractivity contribution is 0.413. The molecule has 1 aromatic carbocycles. The van der Waals surface area contributed by atoms with E-state index in [1.54, 1.807) is 7.11 Å². The van der Waals surface area contributed by atoms with Crippen LogP contribution in [0, 0.1) is 6.92 Å². The van der Waals surface area contributed by atoms with Gasteiger partial charge in [-0.1, -0.05) is 15.9 Å². The summed E-state index contributed by atoms with van der Waals surface area (Å²) in [4.78, 5) is 0. The van der Waals surface area contributed by atoms with Crippen molar-refractivity contribution in [1.82, 2.24) is 9.78 Å². The number of methoxy groups -OCH3 is 1. The Labute approximate surface area is 128 Å². The normalized spacial score (nSPS) is 12.4. The standard InChI is InChI=1S/C15H20BrN3O/c1-4-19-11(7-10(2)18-19)8-15(17)13-9-12(20-3)5-6-14(13)16/h5-7,9,15H,4,8,17H2,1-3H3. The minimum absolute atomic E-state index is 0.0964. The Morgan fingerprint density at radius 1 is 1.40 bits per heavy atom. The Balaban J connectivity index is 2.25. The van der Waals surface area contributed by atoms with Gasteiger partial charge in [0.25, 0.3) is 0 Å². The largest absolute Gasteiger partial charge is 0.497 e. The lowest BCUT2D eigenvalue weighted by atomic mass is 10.0. The minimum atomic E-state index is -0.0964. The quantitative estimate of drug-likeness (QED) is 0.911. The molecule has 0 saturated heterocycles. The van der Waals surface area contributed by atoms with Gasteiger partial charge in [-0.2, -0.15) is 5.10 Å². The molecule has 0 bridgehead atoms. The fourth-order valence-corrected chi connectivity index (χ4v) is 2.85. The zero-order valence-electron chi connectivity index (χ0n) is 12.1. The summed E-state index contributed by atoms with van der Waals surface area (Å²) in [6.07, 6.45) is 0.750. The molecule has 0 fully saturated rings. The van der Waals surface area contributed by atoms with E-state index in [4.69, 9.17) is 10.5 Å². The van der Waals surface area contributed by atoms with E-state index in [1.807, 2.05) is 29.8 Å². The summed E-state index contributed by atoms with van der Waals surface area (Å²) in [5.41, 5.74) is 9.59. The third-order valence-electron chi connectivity index (χ3n) is 3.32. The van der Waals surface area contributed by atoms with Crippen molar-refractivity contribution in [2.24, 2.45) is 5.73 Å². The number of aryl methyl sites for hydroxylation is 2. The van der Waals surface area contributed by atoms with Crippen LogP contribution in [0.3, 0.4) is 0 Å². The van der Waals surface area contributed by atoms with Gasteiger partial charge >= 0.3 is 0 Å². The molecule has 1 atom stereocenters. The summed E-state index contributed by atoms with van der Waals surface area (Å²) in [5, 5.41) is 4.46. The van der Waals surface area contributed by atoms with Gasteiger partial charge in [-0.25, -0.2) is 0 Å². The van der Waals surface area contributed by atoms with E-state index in [1.165, 1.54) is 0 Å². The molecule has 1 heterocycles. The van der Waals surface area contributed by atoms with E-state index in [0.717, 1.165) is 40.1 Å². The van der Waals surface area contributed by atoms with Gasteiger partial charge in [0, 0.05) is 29.2 Å². The third-order valence-corrected chi connectivity index (χ3v) is 4.04. The van der Waals surface area contributed by atoms with Crippen LogP contribution in [0.4, 0.5) is 0 Å². The van der Waals surface area contributed by atoms with Crippen molar-refractivity contribution in [3.8, 4) is 5.75 Å². The smallest absolute Gasteiger partial charge is 0.119 e. The van der Waals surface area contributed by atoms with Gasteiger partial charge in [-0.05, 0) is 43.7 Å². The topological polar surface area (TPSA) is 53.1 Å². The molecule has 0 spiro atoms. The molecule has 0 amide bonds. The molecule has 0 aliphatic carbocycles. The van der Waals surface area contributed by atoms with Crippen molar-refractivity contribution in [3.63, 3.8) is 0 Å². The predicted molar refractivity (Wildman–Crippen MR) is 84.0 cm³/mol. The summed E-state index contributed by atoms with van der Waals surface area (Å²) in [6.45, 7) is 4.95. The number of halogens is 1. The summed E-state index contributed by atoms with van der Waals surface area (Å²) < 4.78 is 8.27. The van der Waals surface area contributed by atoms with Gasteiger partial charge in [0.05, 0.1) is 12.8 Å². The number of hydrogen-bond donors (Lipinski definition) is 1. The van der Waals surface area contributed by atoms with Gasteiger partial charge in [0.1, 0.15) is 5.75 Å². The van der Waals surface area contributed by atoms with Gasteiger partial charge in [-0.15, -0.1) is 0 Å². The van der Waals surface area contributed by atoms with Crippen molar-refractivity contribution >= 4 is 15.9 Å². The first-order chi connectivity index (χ1) is 9.55. The van der Waals surface area contributed by atoms with Gasteiger partial charge in [0.2, 0.25) is 0 Å². The number of benzene rings is 1. The van der Waals surface area contributed by atoms with Crippen molar-refractivity contribution < 1.29 is 4.74 Å². The van der Waals surface area contributed by atoms with Crippen molar-refractivity contribution in [2.45, 2.75) is 32.9 Å². The number of nitrogens with zero attached hydrogens (tertiary/aromatic N) is 2. The Hall–Kier alpha value is -1.33. The van der Waals surface area contributed by atoms with E-state index in [0.29, 0.717) is 0 Å². The summed E-state index contributed by atoms with van der Waals surface area (Å²) >= 11 is 3.56. The monoisotopic (exact) mass is 337 g/mol. The van der Waals surface area contributed by atoms with Gasteiger partial charge < -0.3 is 10.5 Å². The van der Waals surface area contributed by atoms with E-state index >= 15 is 0 Å². The summed E-state index contributed by atoms with van der Waals surface area (Å²) in [6, 6.07) is 7.86. The van der Waals surface area contributed by atoms with E-state index in [-0.39, 0.29) is 6.04 Å². The van der Waals surface area contributed by atoms with Crippen LogP contribution in [0.2, 0.25) is 0 Å². The molecule has 2 N–H and O–H groups in total. The molecule has 20 heavy (non-hydrogen) atoms. The zero-order chi connectivity index (χ0) is 14.7. The number of rotatable bonds is 5. The van der Waals surface area contributed by atoms with Crippen LogP contribution >= 0.6 is 15.9 Å². The first-order valence-electron chi connectivity index (χ1n) is 6.67. The first-order valence-corrected chi connectivity index (χ1v) is 7.46. The van der Waals surface area contributed by atoms with Crippen molar-refractivity contribution in [2.75, 3.05) is 7.11 Å². The van der Waals surface area contributed by atoms with Crippen LogP contribution in [-0.4, -0.2) is 16.9 Å². The van der Waals surface area contributed by atoms with Crippen LogP contribution in [-0.2, 0) is 13.0 Å². The van der Waals surface area contributed by atoms with E-state index in [9.17, 15) is 0 Å².